The van der Waals surface area contributed by atoms with Gasteiger partial charge in [0.25, 0.3) is 0 Å². The highest BCUT2D eigenvalue weighted by Crippen LogP contribution is 2.29. The Bertz CT molecular complexity index is 1490. The number of hydrogen-bond acceptors (Lipinski definition) is 8. The second-order valence-electron chi connectivity index (χ2n) is 7.15. The van der Waals surface area contributed by atoms with Crippen LogP contribution in [0.5, 0.6) is 5.75 Å². The molecule has 0 aliphatic heterocycles. The smallest absolute Gasteiger partial charge is 0.347 e. The lowest BCUT2D eigenvalue weighted by Crippen LogP contribution is -2.20. The van der Waals surface area contributed by atoms with E-state index in [1.54, 1.807) is 50.2 Å². The van der Waals surface area contributed by atoms with Crippen molar-refractivity contribution in [1.82, 2.24) is 4.40 Å². The van der Waals surface area contributed by atoms with Gasteiger partial charge in [-0.25, -0.2) is 14.4 Å². The van der Waals surface area contributed by atoms with Crippen molar-refractivity contribution in [2.24, 2.45) is 0 Å². The van der Waals surface area contributed by atoms with Gasteiger partial charge in [0, 0.05) is 11.6 Å². The number of para-hydroxylation sites is 1. The van der Waals surface area contributed by atoms with Crippen molar-refractivity contribution in [1.29, 1.82) is 0 Å². The third-order valence-electron chi connectivity index (χ3n) is 5.21. The number of methoxy groups -OCH3 is 1. The number of nitrogens with zero attached hydrogens (tertiary/aromatic N) is 1. The van der Waals surface area contributed by atoms with Crippen molar-refractivity contribution in [3.63, 3.8) is 0 Å². The molecule has 174 valence electrons. The van der Waals surface area contributed by atoms with Gasteiger partial charge in [-0.1, -0.05) is 18.2 Å². The molecule has 9 heteroatoms. The van der Waals surface area contributed by atoms with Crippen molar-refractivity contribution in [2.75, 3.05) is 20.3 Å². The number of carbonyl (C=O) groups excluding carboxylic acids is 3. The predicted octanol–water partition coefficient (Wildman–Crippen LogP) is 3.64. The first-order valence-electron chi connectivity index (χ1n) is 10.6. The fourth-order valence-corrected chi connectivity index (χ4v) is 3.81. The summed E-state index contributed by atoms with van der Waals surface area (Å²) >= 11 is 0. The Hall–Kier alpha value is -4.40. The summed E-state index contributed by atoms with van der Waals surface area (Å²) in [6.45, 7) is 3.30. The van der Waals surface area contributed by atoms with E-state index in [-0.39, 0.29) is 46.7 Å². The van der Waals surface area contributed by atoms with Gasteiger partial charge in [0.15, 0.2) is 11.3 Å². The van der Waals surface area contributed by atoms with E-state index < -0.39 is 23.3 Å². The molecule has 0 aliphatic rings. The van der Waals surface area contributed by atoms with E-state index in [1.807, 2.05) is 0 Å². The Morgan fingerprint density at radius 1 is 0.941 bits per heavy atom. The van der Waals surface area contributed by atoms with Crippen LogP contribution in [0.2, 0.25) is 0 Å². The molecule has 0 spiro atoms. The molecule has 4 rings (SSSR count). The predicted molar refractivity (Wildman–Crippen MR) is 122 cm³/mol. The second-order valence-corrected chi connectivity index (χ2v) is 7.15. The van der Waals surface area contributed by atoms with Gasteiger partial charge in [-0.2, -0.15) is 0 Å². The Morgan fingerprint density at radius 3 is 2.32 bits per heavy atom. The largest absolute Gasteiger partial charge is 0.493 e. The van der Waals surface area contributed by atoms with Gasteiger partial charge in [0.05, 0.1) is 25.8 Å². The number of benzene rings is 1. The summed E-state index contributed by atoms with van der Waals surface area (Å²) in [6.07, 6.45) is 1.51. The zero-order valence-corrected chi connectivity index (χ0v) is 18.7. The van der Waals surface area contributed by atoms with Crippen LogP contribution < -0.4 is 10.4 Å². The third-order valence-corrected chi connectivity index (χ3v) is 5.21. The summed E-state index contributed by atoms with van der Waals surface area (Å²) in [5, 5.41) is 0.450. The van der Waals surface area contributed by atoms with Gasteiger partial charge < -0.3 is 23.0 Å². The highest BCUT2D eigenvalue weighted by molar-refractivity contribution is 6.20. The average Bonchev–Trinajstić information content (AvgIpc) is 3.18. The van der Waals surface area contributed by atoms with Crippen LogP contribution in [-0.4, -0.2) is 42.4 Å². The molecule has 0 saturated heterocycles. The molecule has 0 saturated carbocycles. The normalized spacial score (nSPS) is 10.9. The van der Waals surface area contributed by atoms with Crippen LogP contribution in [0.4, 0.5) is 0 Å². The van der Waals surface area contributed by atoms with Crippen molar-refractivity contribution in [3.8, 4) is 5.75 Å². The van der Waals surface area contributed by atoms with Crippen LogP contribution in [0.1, 0.15) is 50.6 Å². The molecule has 3 heterocycles. The molecule has 0 bridgehead atoms. The van der Waals surface area contributed by atoms with Crippen LogP contribution in [0, 0.1) is 0 Å². The van der Waals surface area contributed by atoms with E-state index >= 15 is 0 Å². The molecule has 0 fully saturated rings. The molecule has 1 aromatic carbocycles. The molecule has 0 amide bonds. The van der Waals surface area contributed by atoms with E-state index in [0.29, 0.717) is 11.1 Å². The summed E-state index contributed by atoms with van der Waals surface area (Å²) in [5.74, 6) is -2.15. The zero-order valence-electron chi connectivity index (χ0n) is 18.7. The molecule has 0 unspecified atom stereocenters. The lowest BCUT2D eigenvalue weighted by atomic mass is 10.0. The van der Waals surface area contributed by atoms with Crippen LogP contribution in [0.3, 0.4) is 0 Å². The molecular formula is C25H21NO8. The first-order chi connectivity index (χ1) is 16.4. The first kappa shape index (κ1) is 22.8. The quantitative estimate of drug-likeness (QED) is 0.232. The van der Waals surface area contributed by atoms with Crippen molar-refractivity contribution < 1.29 is 33.0 Å². The second kappa shape index (κ2) is 9.22. The molecule has 9 nitrogen and oxygen atoms in total. The number of ether oxygens (including phenoxy) is 3. The maximum atomic E-state index is 13.7. The summed E-state index contributed by atoms with van der Waals surface area (Å²) in [5.41, 5.74) is -1.38. The zero-order chi connectivity index (χ0) is 24.4. The van der Waals surface area contributed by atoms with Crippen molar-refractivity contribution >= 4 is 34.2 Å². The third kappa shape index (κ3) is 3.71. The van der Waals surface area contributed by atoms with E-state index in [1.165, 1.54) is 23.8 Å². The van der Waals surface area contributed by atoms with E-state index in [2.05, 4.69) is 0 Å². The Morgan fingerprint density at radius 2 is 1.65 bits per heavy atom. The molecule has 0 radical (unpaired) electrons. The number of pyridine rings is 1. The fraction of sp³-hybridized carbons (Fsp3) is 0.200. The molecule has 0 N–H and O–H groups in total. The Balaban J connectivity index is 2.03. The van der Waals surface area contributed by atoms with Crippen LogP contribution >= 0.6 is 0 Å². The summed E-state index contributed by atoms with van der Waals surface area (Å²) in [7, 11) is 1.43. The number of aromatic nitrogens is 1. The maximum Gasteiger partial charge on any atom is 0.347 e. The molecular weight excluding hydrogens is 442 g/mol. The maximum absolute atomic E-state index is 13.7. The summed E-state index contributed by atoms with van der Waals surface area (Å²) in [6, 6.07) is 11.2. The summed E-state index contributed by atoms with van der Waals surface area (Å²) in [4.78, 5) is 52.4. The standard InChI is InChI=1S/C25H21NO8/c1-4-32-24(29)18-16-10-6-7-12-26(16)20(19(18)25(30)33-5-2)21(27)15-13-14-9-8-11-17(31-3)22(14)34-23(15)28/h6-13H,4-5H2,1-3H3. The van der Waals surface area contributed by atoms with E-state index in [9.17, 15) is 19.2 Å². The van der Waals surface area contributed by atoms with Crippen LogP contribution in [0.25, 0.3) is 16.5 Å². The summed E-state index contributed by atoms with van der Waals surface area (Å²) < 4.78 is 22.3. The first-order valence-corrected chi connectivity index (χ1v) is 10.6. The average molecular weight is 463 g/mol. The molecule has 0 atom stereocenters. The lowest BCUT2D eigenvalue weighted by molar-refractivity contribution is 0.0480. The number of carbonyl (C=O) groups is 3. The number of fused-ring (bicyclic) bond motifs is 2. The van der Waals surface area contributed by atoms with Gasteiger partial charge in [0.2, 0.25) is 5.78 Å². The number of hydrogen-bond donors (Lipinski definition) is 0. The van der Waals surface area contributed by atoms with Gasteiger partial charge >= 0.3 is 17.6 Å². The van der Waals surface area contributed by atoms with Crippen molar-refractivity contribution in [2.45, 2.75) is 13.8 Å². The molecule has 4 aromatic rings. The highest BCUT2D eigenvalue weighted by atomic mass is 16.5. The van der Waals surface area contributed by atoms with Crippen LogP contribution in [0.15, 0.2) is 57.9 Å². The topological polar surface area (TPSA) is 114 Å². The van der Waals surface area contributed by atoms with Gasteiger partial charge in [0.1, 0.15) is 22.4 Å². The van der Waals surface area contributed by atoms with E-state index in [0.717, 1.165) is 0 Å². The number of ketones is 1. The van der Waals surface area contributed by atoms with Gasteiger partial charge in [-0.15, -0.1) is 0 Å². The van der Waals surface area contributed by atoms with Gasteiger partial charge in [-0.3, -0.25) is 4.79 Å². The monoisotopic (exact) mass is 463 g/mol. The van der Waals surface area contributed by atoms with Crippen LogP contribution in [-0.2, 0) is 9.47 Å². The Kier molecular flexibility index (Phi) is 6.18. The highest BCUT2D eigenvalue weighted by Gasteiger charge is 2.34. The SMILES string of the molecule is CCOC(=O)c1c(C(=O)OCC)c2ccccn2c1C(=O)c1cc2cccc(OC)c2oc1=O. The van der Waals surface area contributed by atoms with E-state index in [4.69, 9.17) is 18.6 Å². The minimum absolute atomic E-state index is 0.0127. The number of esters is 2. The minimum Gasteiger partial charge on any atom is -0.493 e. The molecule has 3 aromatic heterocycles. The Labute approximate surface area is 193 Å². The number of rotatable bonds is 7. The fourth-order valence-electron chi connectivity index (χ4n) is 3.81. The van der Waals surface area contributed by atoms with Crippen molar-refractivity contribution in [3.05, 3.63) is 81.5 Å². The minimum atomic E-state index is -0.916. The molecule has 34 heavy (non-hydrogen) atoms. The molecule has 0 aliphatic carbocycles. The van der Waals surface area contributed by atoms with Gasteiger partial charge in [-0.05, 0) is 38.1 Å². The lowest BCUT2D eigenvalue weighted by Gasteiger charge is -2.08.